The van der Waals surface area contributed by atoms with Gasteiger partial charge in [0.1, 0.15) is 5.69 Å². The number of aromatic nitrogens is 2. The zero-order chi connectivity index (χ0) is 16.8. The summed E-state index contributed by atoms with van der Waals surface area (Å²) >= 11 is 0. The van der Waals surface area contributed by atoms with Crippen LogP contribution in [-0.4, -0.2) is 51.3 Å². The van der Waals surface area contributed by atoms with Gasteiger partial charge < -0.3 is 4.90 Å². The summed E-state index contributed by atoms with van der Waals surface area (Å²) in [7, 11) is 0. The van der Waals surface area contributed by atoms with E-state index in [-0.39, 0.29) is 10.6 Å². The van der Waals surface area contributed by atoms with E-state index in [2.05, 4.69) is 14.9 Å². The van der Waals surface area contributed by atoms with Crippen molar-refractivity contribution in [2.45, 2.75) is 64.6 Å². The Hall–Kier alpha value is -1.63. The second kappa shape index (κ2) is 6.02. The predicted octanol–water partition coefficient (Wildman–Crippen LogP) is 2.57. The van der Waals surface area contributed by atoms with Crippen molar-refractivity contribution in [3.8, 4) is 0 Å². The molecule has 2 unspecified atom stereocenters. The average Bonchev–Trinajstić information content (AvgIpc) is 3.36. The van der Waals surface area contributed by atoms with Crippen molar-refractivity contribution in [2.24, 2.45) is 5.92 Å². The Morgan fingerprint density at radius 3 is 2.71 bits per heavy atom. The molecule has 0 N–H and O–H groups in total. The fourth-order valence-corrected chi connectivity index (χ4v) is 4.80. The molecule has 1 aromatic rings. The van der Waals surface area contributed by atoms with Gasteiger partial charge in [-0.05, 0) is 58.4 Å². The molecule has 0 bridgehead atoms. The molecule has 1 saturated carbocycles. The van der Waals surface area contributed by atoms with Crippen LogP contribution in [0.4, 0.5) is 11.5 Å². The monoisotopic (exact) mass is 333 g/mol. The summed E-state index contributed by atoms with van der Waals surface area (Å²) < 4.78 is 1.81. The van der Waals surface area contributed by atoms with Gasteiger partial charge in [-0.1, -0.05) is 0 Å². The van der Waals surface area contributed by atoms with Gasteiger partial charge in [-0.2, -0.15) is 5.10 Å². The van der Waals surface area contributed by atoms with Gasteiger partial charge in [0.05, 0.1) is 4.92 Å². The minimum atomic E-state index is -0.257. The summed E-state index contributed by atoms with van der Waals surface area (Å²) in [6.45, 7) is 7.49. The van der Waals surface area contributed by atoms with Crippen molar-refractivity contribution in [1.29, 1.82) is 0 Å². The van der Waals surface area contributed by atoms with E-state index in [4.69, 9.17) is 0 Å². The molecule has 0 amide bonds. The highest BCUT2D eigenvalue weighted by molar-refractivity contribution is 5.61. The van der Waals surface area contributed by atoms with Gasteiger partial charge >= 0.3 is 5.69 Å². The molecule has 0 spiro atoms. The largest absolute Gasteiger partial charge is 0.351 e. The highest BCUT2D eigenvalue weighted by Gasteiger charge is 2.43. The van der Waals surface area contributed by atoms with Crippen LogP contribution in [0.2, 0.25) is 0 Å². The van der Waals surface area contributed by atoms with Crippen LogP contribution in [-0.2, 0) is 6.54 Å². The van der Waals surface area contributed by atoms with Gasteiger partial charge in [-0.3, -0.25) is 15.0 Å². The van der Waals surface area contributed by atoms with Crippen molar-refractivity contribution in [1.82, 2.24) is 14.7 Å². The molecule has 0 radical (unpaired) electrons. The molecule has 1 aliphatic carbocycles. The summed E-state index contributed by atoms with van der Waals surface area (Å²) in [5.41, 5.74) is 0.729. The Morgan fingerprint density at radius 1 is 1.25 bits per heavy atom. The van der Waals surface area contributed by atoms with E-state index < -0.39 is 0 Å². The summed E-state index contributed by atoms with van der Waals surface area (Å²) in [5, 5.41) is 16.0. The molecule has 2 saturated heterocycles. The van der Waals surface area contributed by atoms with E-state index in [1.54, 1.807) is 6.92 Å². The van der Waals surface area contributed by atoms with Crippen LogP contribution in [0.3, 0.4) is 0 Å². The van der Waals surface area contributed by atoms with Crippen molar-refractivity contribution >= 4 is 11.5 Å². The van der Waals surface area contributed by atoms with E-state index in [0.29, 0.717) is 24.2 Å². The lowest BCUT2D eigenvalue weighted by Gasteiger charge is -2.47. The number of rotatable bonds is 4. The first-order chi connectivity index (χ1) is 11.6. The van der Waals surface area contributed by atoms with Gasteiger partial charge in [0.2, 0.25) is 5.82 Å². The third-order valence-electron chi connectivity index (χ3n) is 5.98. The second-order valence-corrected chi connectivity index (χ2v) is 7.50. The number of anilines is 1. The number of nitro groups is 1. The van der Waals surface area contributed by atoms with Crippen LogP contribution >= 0.6 is 0 Å². The Labute approximate surface area is 142 Å². The Kier molecular flexibility index (Phi) is 3.98. The van der Waals surface area contributed by atoms with E-state index >= 15 is 0 Å². The second-order valence-electron chi connectivity index (χ2n) is 7.50. The molecule has 132 valence electrons. The third-order valence-corrected chi connectivity index (χ3v) is 5.98. The number of piperidine rings is 2. The lowest BCUT2D eigenvalue weighted by Crippen LogP contribution is -2.55. The SMILES string of the molecule is CCn1nc(C)c([N+](=O)[O-])c1N1CCC2C(CCCN2C2CC2)C1. The summed E-state index contributed by atoms with van der Waals surface area (Å²) in [6, 6.07) is 1.50. The van der Waals surface area contributed by atoms with E-state index in [0.717, 1.165) is 31.4 Å². The maximum absolute atomic E-state index is 11.6. The Bertz CT molecular complexity index is 639. The Balaban J connectivity index is 1.59. The van der Waals surface area contributed by atoms with Gasteiger partial charge in [-0.15, -0.1) is 0 Å². The predicted molar refractivity (Wildman–Crippen MR) is 92.4 cm³/mol. The fraction of sp³-hybridized carbons (Fsp3) is 0.824. The quantitative estimate of drug-likeness (QED) is 0.626. The zero-order valence-corrected chi connectivity index (χ0v) is 14.6. The van der Waals surface area contributed by atoms with Crippen molar-refractivity contribution in [3.63, 3.8) is 0 Å². The minimum Gasteiger partial charge on any atom is -0.351 e. The molecule has 1 aromatic heterocycles. The normalized spacial score (nSPS) is 28.0. The van der Waals surface area contributed by atoms with Gasteiger partial charge in [-0.25, -0.2) is 4.68 Å². The maximum Gasteiger partial charge on any atom is 0.333 e. The van der Waals surface area contributed by atoms with Crippen LogP contribution in [0.25, 0.3) is 0 Å². The first-order valence-electron chi connectivity index (χ1n) is 9.32. The standard InChI is InChI=1S/C17H27N5O2/c1-3-21-17(16(22(23)24)12(2)18-21)19-10-8-15-13(11-19)5-4-9-20(15)14-6-7-14/h13-15H,3-11H2,1-2H3. The van der Waals surface area contributed by atoms with Crippen molar-refractivity contribution in [3.05, 3.63) is 15.8 Å². The lowest BCUT2D eigenvalue weighted by atomic mass is 9.83. The molecule has 24 heavy (non-hydrogen) atoms. The molecule has 3 heterocycles. The first-order valence-corrected chi connectivity index (χ1v) is 9.32. The maximum atomic E-state index is 11.6. The number of hydrogen-bond donors (Lipinski definition) is 0. The average molecular weight is 333 g/mol. The molecule has 2 aliphatic heterocycles. The van der Waals surface area contributed by atoms with Gasteiger partial charge in [0.15, 0.2) is 0 Å². The summed E-state index contributed by atoms with van der Waals surface area (Å²) in [6.07, 6.45) is 6.35. The molecular formula is C17H27N5O2. The lowest BCUT2D eigenvalue weighted by molar-refractivity contribution is -0.384. The smallest absolute Gasteiger partial charge is 0.333 e. The van der Waals surface area contributed by atoms with Crippen LogP contribution in [0.1, 0.15) is 44.7 Å². The van der Waals surface area contributed by atoms with Crippen LogP contribution in [0, 0.1) is 23.0 Å². The van der Waals surface area contributed by atoms with E-state index in [9.17, 15) is 10.1 Å². The highest BCUT2D eigenvalue weighted by Crippen LogP contribution is 2.41. The van der Waals surface area contributed by atoms with Gasteiger partial charge in [0, 0.05) is 31.7 Å². The van der Waals surface area contributed by atoms with E-state index in [1.165, 1.54) is 32.2 Å². The van der Waals surface area contributed by atoms with Crippen molar-refractivity contribution in [2.75, 3.05) is 24.5 Å². The fourth-order valence-electron chi connectivity index (χ4n) is 4.80. The number of aryl methyl sites for hydroxylation is 2. The highest BCUT2D eigenvalue weighted by atomic mass is 16.6. The number of nitrogens with zero attached hydrogens (tertiary/aromatic N) is 5. The van der Waals surface area contributed by atoms with Gasteiger partial charge in [0.25, 0.3) is 0 Å². The third kappa shape index (κ3) is 2.59. The molecule has 4 rings (SSSR count). The number of likely N-dealkylation sites (tertiary alicyclic amines) is 1. The van der Waals surface area contributed by atoms with Crippen LogP contribution in [0.15, 0.2) is 0 Å². The number of hydrogen-bond acceptors (Lipinski definition) is 5. The summed E-state index contributed by atoms with van der Waals surface area (Å²) in [4.78, 5) is 16.3. The molecule has 3 fully saturated rings. The van der Waals surface area contributed by atoms with E-state index in [1.807, 2.05) is 11.6 Å². The zero-order valence-electron chi connectivity index (χ0n) is 14.6. The molecular weight excluding hydrogens is 306 g/mol. The van der Waals surface area contributed by atoms with Crippen LogP contribution < -0.4 is 4.90 Å². The van der Waals surface area contributed by atoms with Crippen LogP contribution in [0.5, 0.6) is 0 Å². The summed E-state index contributed by atoms with van der Waals surface area (Å²) in [5.74, 6) is 1.36. The molecule has 7 heteroatoms. The molecule has 3 aliphatic rings. The van der Waals surface area contributed by atoms with Crippen molar-refractivity contribution < 1.29 is 4.92 Å². The minimum absolute atomic E-state index is 0.199. The number of fused-ring (bicyclic) bond motifs is 1. The molecule has 7 nitrogen and oxygen atoms in total. The Morgan fingerprint density at radius 2 is 2.04 bits per heavy atom. The molecule has 0 aromatic carbocycles. The molecule has 2 atom stereocenters. The first kappa shape index (κ1) is 15.9. The topological polar surface area (TPSA) is 67.4 Å².